The monoisotopic (exact) mass is 308 g/mol. The van der Waals surface area contributed by atoms with Crippen molar-refractivity contribution in [3.8, 4) is 0 Å². The highest BCUT2D eigenvalue weighted by Gasteiger charge is 2.42. The van der Waals surface area contributed by atoms with Crippen LogP contribution in [0.3, 0.4) is 0 Å². The molecular formula is C17H25ClN2O. The topological polar surface area (TPSA) is 45.1 Å². The molecule has 1 aliphatic rings. The molecule has 1 heterocycles. The van der Waals surface area contributed by atoms with E-state index in [2.05, 4.69) is 38.0 Å². The molecule has 1 aromatic rings. The molecule has 2 atom stereocenters. The number of nitrogens with one attached hydrogen (secondary N) is 1. The molecule has 21 heavy (non-hydrogen) atoms. The highest BCUT2D eigenvalue weighted by molar-refractivity contribution is 6.29. The van der Waals surface area contributed by atoms with E-state index in [1.54, 1.807) is 12.3 Å². The number of rotatable bonds is 2. The number of aliphatic hydroxyl groups is 1. The quantitative estimate of drug-likeness (QED) is 0.811. The van der Waals surface area contributed by atoms with Gasteiger partial charge in [0.15, 0.2) is 0 Å². The Morgan fingerprint density at radius 3 is 2.81 bits per heavy atom. The molecule has 1 fully saturated rings. The lowest BCUT2D eigenvalue weighted by molar-refractivity contribution is -0.00124. The summed E-state index contributed by atoms with van der Waals surface area (Å²) in [5, 5.41) is 15.2. The Hall–Kier alpha value is -1.06. The molecule has 1 aliphatic carbocycles. The number of halogens is 1. The molecule has 2 unspecified atom stereocenters. The molecule has 1 aromatic heterocycles. The lowest BCUT2D eigenvalue weighted by atomic mass is 9.69. The molecular weight excluding hydrogens is 284 g/mol. The van der Waals surface area contributed by atoms with Crippen molar-refractivity contribution in [2.24, 2.45) is 5.92 Å². The SMILES string of the molecule is CC1CCC/C(=C\NC(C)(C)C)C1(O)c1ccnc(Cl)c1. The van der Waals surface area contributed by atoms with Gasteiger partial charge in [0.2, 0.25) is 0 Å². The van der Waals surface area contributed by atoms with Crippen molar-refractivity contribution in [3.05, 3.63) is 40.8 Å². The second-order valence-corrected chi connectivity index (χ2v) is 7.38. The highest BCUT2D eigenvalue weighted by Crippen LogP contribution is 2.45. The minimum absolute atomic E-state index is 0.0233. The fraction of sp³-hybridized carbons (Fsp3) is 0.588. The maximum Gasteiger partial charge on any atom is 0.129 e. The van der Waals surface area contributed by atoms with Crippen LogP contribution in [0.25, 0.3) is 0 Å². The summed E-state index contributed by atoms with van der Waals surface area (Å²) >= 11 is 6.01. The molecule has 0 saturated heterocycles. The van der Waals surface area contributed by atoms with E-state index in [1.165, 1.54) is 0 Å². The summed E-state index contributed by atoms with van der Waals surface area (Å²) < 4.78 is 0. The number of nitrogens with zero attached hydrogens (tertiary/aromatic N) is 1. The third-order valence-corrected chi connectivity index (χ3v) is 4.34. The van der Waals surface area contributed by atoms with Gasteiger partial charge < -0.3 is 10.4 Å². The van der Waals surface area contributed by atoms with Crippen molar-refractivity contribution < 1.29 is 5.11 Å². The largest absolute Gasteiger partial charge is 0.386 e. The van der Waals surface area contributed by atoms with Crippen LogP contribution in [0.5, 0.6) is 0 Å². The minimum atomic E-state index is -0.969. The summed E-state index contributed by atoms with van der Waals surface area (Å²) in [7, 11) is 0. The van der Waals surface area contributed by atoms with Crippen LogP contribution in [0.4, 0.5) is 0 Å². The average Bonchev–Trinajstić information content (AvgIpc) is 2.39. The van der Waals surface area contributed by atoms with Crippen molar-refractivity contribution >= 4 is 11.6 Å². The van der Waals surface area contributed by atoms with E-state index in [1.807, 2.05) is 12.3 Å². The predicted octanol–water partition coefficient (Wildman–Crippen LogP) is 4.01. The van der Waals surface area contributed by atoms with Gasteiger partial charge in [-0.25, -0.2) is 4.98 Å². The second kappa shape index (κ2) is 5.98. The van der Waals surface area contributed by atoms with Crippen LogP contribution >= 0.6 is 11.6 Å². The summed E-state index contributed by atoms with van der Waals surface area (Å²) in [6.07, 6.45) is 6.64. The van der Waals surface area contributed by atoms with Crippen LogP contribution in [0.1, 0.15) is 52.5 Å². The molecule has 4 heteroatoms. The third-order valence-electron chi connectivity index (χ3n) is 4.13. The van der Waals surface area contributed by atoms with Crippen LogP contribution in [0.15, 0.2) is 30.1 Å². The molecule has 3 nitrogen and oxygen atoms in total. The summed E-state index contributed by atoms with van der Waals surface area (Å²) in [6, 6.07) is 3.63. The summed E-state index contributed by atoms with van der Waals surface area (Å²) in [6.45, 7) is 8.43. The third kappa shape index (κ3) is 3.58. The molecule has 0 amide bonds. The van der Waals surface area contributed by atoms with Gasteiger partial charge >= 0.3 is 0 Å². The van der Waals surface area contributed by atoms with Gasteiger partial charge in [0.25, 0.3) is 0 Å². The normalized spacial score (nSPS) is 28.7. The van der Waals surface area contributed by atoms with Crippen LogP contribution in [0, 0.1) is 5.92 Å². The van der Waals surface area contributed by atoms with E-state index in [4.69, 9.17) is 11.6 Å². The van der Waals surface area contributed by atoms with E-state index >= 15 is 0 Å². The molecule has 0 aromatic carbocycles. The maximum atomic E-state index is 11.4. The molecule has 0 spiro atoms. The van der Waals surface area contributed by atoms with Crippen molar-refractivity contribution in [1.82, 2.24) is 10.3 Å². The lowest BCUT2D eigenvalue weighted by Gasteiger charge is -2.41. The minimum Gasteiger partial charge on any atom is -0.386 e. The fourth-order valence-corrected chi connectivity index (χ4v) is 3.08. The van der Waals surface area contributed by atoms with Gasteiger partial charge in [-0.15, -0.1) is 0 Å². The van der Waals surface area contributed by atoms with E-state index in [9.17, 15) is 5.11 Å². The second-order valence-electron chi connectivity index (χ2n) is 6.99. The summed E-state index contributed by atoms with van der Waals surface area (Å²) in [4.78, 5) is 4.02. The molecule has 1 saturated carbocycles. The Morgan fingerprint density at radius 2 is 2.19 bits per heavy atom. The molecule has 2 rings (SSSR count). The van der Waals surface area contributed by atoms with Crippen LogP contribution in [-0.4, -0.2) is 15.6 Å². The molecule has 0 bridgehead atoms. The number of hydrogen-bond donors (Lipinski definition) is 2. The van der Waals surface area contributed by atoms with Gasteiger partial charge in [-0.2, -0.15) is 0 Å². The van der Waals surface area contributed by atoms with Crippen molar-refractivity contribution in [3.63, 3.8) is 0 Å². The van der Waals surface area contributed by atoms with Crippen LogP contribution in [-0.2, 0) is 5.60 Å². The number of hydrogen-bond acceptors (Lipinski definition) is 3. The van der Waals surface area contributed by atoms with Crippen LogP contribution < -0.4 is 5.32 Å². The van der Waals surface area contributed by atoms with Crippen molar-refractivity contribution in [2.75, 3.05) is 0 Å². The Balaban J connectivity index is 2.43. The van der Waals surface area contributed by atoms with Gasteiger partial charge in [0.1, 0.15) is 10.8 Å². The molecule has 2 N–H and O–H groups in total. The fourth-order valence-electron chi connectivity index (χ4n) is 2.91. The van der Waals surface area contributed by atoms with Crippen molar-refractivity contribution in [2.45, 2.75) is 58.1 Å². The Bertz CT molecular complexity index is 536. The van der Waals surface area contributed by atoms with E-state index in [-0.39, 0.29) is 11.5 Å². The van der Waals surface area contributed by atoms with Gasteiger partial charge in [-0.05, 0) is 75.4 Å². The summed E-state index contributed by atoms with van der Waals surface area (Å²) in [5.41, 5.74) is 0.864. The van der Waals surface area contributed by atoms with E-state index in [0.29, 0.717) is 5.15 Å². The lowest BCUT2D eigenvalue weighted by Crippen LogP contribution is -2.41. The standard InChI is InChI=1S/C17H25ClN2O/c1-12-6-5-7-14(11-20-16(2,3)4)17(12,21)13-8-9-19-15(18)10-13/h8-12,20-21H,5-7H2,1-4H3/b14-11+. The van der Waals surface area contributed by atoms with Gasteiger partial charge in [-0.1, -0.05) is 18.5 Å². The van der Waals surface area contributed by atoms with Gasteiger partial charge in [-0.3, -0.25) is 0 Å². The van der Waals surface area contributed by atoms with Gasteiger partial charge in [0, 0.05) is 11.7 Å². The van der Waals surface area contributed by atoms with Crippen LogP contribution in [0.2, 0.25) is 5.15 Å². The number of aromatic nitrogens is 1. The van der Waals surface area contributed by atoms with Crippen molar-refractivity contribution in [1.29, 1.82) is 0 Å². The molecule has 0 aliphatic heterocycles. The first-order valence-electron chi connectivity index (χ1n) is 7.55. The summed E-state index contributed by atoms with van der Waals surface area (Å²) in [5.74, 6) is 0.151. The van der Waals surface area contributed by atoms with E-state index in [0.717, 1.165) is 30.4 Å². The zero-order valence-corrected chi connectivity index (χ0v) is 14.0. The first kappa shape index (κ1) is 16.3. The highest BCUT2D eigenvalue weighted by atomic mass is 35.5. The zero-order valence-electron chi connectivity index (χ0n) is 13.3. The number of pyridine rings is 1. The Morgan fingerprint density at radius 1 is 1.48 bits per heavy atom. The maximum absolute atomic E-state index is 11.4. The molecule has 116 valence electrons. The first-order chi connectivity index (χ1) is 9.73. The Kier molecular flexibility index (Phi) is 4.64. The van der Waals surface area contributed by atoms with E-state index < -0.39 is 5.60 Å². The van der Waals surface area contributed by atoms with Gasteiger partial charge in [0.05, 0.1) is 0 Å². The first-order valence-corrected chi connectivity index (χ1v) is 7.93. The zero-order chi connectivity index (χ0) is 15.7. The average molecular weight is 309 g/mol. The molecule has 0 radical (unpaired) electrons. The Labute approximate surface area is 132 Å². The predicted molar refractivity (Wildman–Crippen MR) is 87.1 cm³/mol. The smallest absolute Gasteiger partial charge is 0.129 e.